The van der Waals surface area contributed by atoms with Crippen molar-refractivity contribution in [3.05, 3.63) is 63.5 Å². The summed E-state index contributed by atoms with van der Waals surface area (Å²) in [4.78, 5) is 0. The van der Waals surface area contributed by atoms with Crippen LogP contribution >= 0.6 is 15.9 Å². The van der Waals surface area contributed by atoms with Gasteiger partial charge < -0.3 is 9.47 Å². The van der Waals surface area contributed by atoms with Crippen molar-refractivity contribution in [1.29, 1.82) is 0 Å². The molecule has 0 N–H and O–H groups in total. The third-order valence-corrected chi connectivity index (χ3v) is 5.00. The number of rotatable bonds is 6. The van der Waals surface area contributed by atoms with Crippen molar-refractivity contribution >= 4 is 31.8 Å². The van der Waals surface area contributed by atoms with Gasteiger partial charge in [-0.3, -0.25) is 0 Å². The smallest absolute Gasteiger partial charge is 0.175 e. The number of ether oxygens (including phenoxy) is 2. The Morgan fingerprint density at radius 1 is 1.00 bits per heavy atom. The van der Waals surface area contributed by atoms with Crippen molar-refractivity contribution in [2.24, 2.45) is 0 Å². The number of halogens is 1. The number of methoxy groups -OCH3 is 2. The molecule has 23 heavy (non-hydrogen) atoms. The predicted octanol–water partition coefficient (Wildman–Crippen LogP) is 4.05. The molecule has 0 aromatic heterocycles. The quantitative estimate of drug-likeness (QED) is 0.738. The lowest BCUT2D eigenvalue weighted by molar-refractivity contribution is 0.392. The Morgan fingerprint density at radius 3 is 2.09 bits per heavy atom. The summed E-state index contributed by atoms with van der Waals surface area (Å²) in [6.07, 6.45) is 1.51. The normalized spacial score (nSPS) is 11.6. The molecule has 0 saturated heterocycles. The van der Waals surface area contributed by atoms with Crippen LogP contribution in [0.4, 0.5) is 0 Å². The van der Waals surface area contributed by atoms with Gasteiger partial charge in [0, 0.05) is 9.88 Å². The fourth-order valence-corrected chi connectivity index (χ4v) is 3.44. The average molecular weight is 397 g/mol. The van der Waals surface area contributed by atoms with Gasteiger partial charge >= 0.3 is 0 Å². The fourth-order valence-electron chi connectivity index (χ4n) is 2.08. The first-order valence-corrected chi connectivity index (χ1v) is 9.32. The Morgan fingerprint density at radius 2 is 1.57 bits per heavy atom. The van der Waals surface area contributed by atoms with E-state index in [0.29, 0.717) is 17.1 Å². The Bertz CT molecular complexity index is 774. The molecule has 0 aliphatic heterocycles. The summed E-state index contributed by atoms with van der Waals surface area (Å²) < 4.78 is 36.0. The van der Waals surface area contributed by atoms with Crippen LogP contribution in [0, 0.1) is 0 Å². The van der Waals surface area contributed by atoms with Gasteiger partial charge in [-0.25, -0.2) is 8.42 Å². The third kappa shape index (κ3) is 4.84. The van der Waals surface area contributed by atoms with Crippen LogP contribution in [-0.2, 0) is 15.6 Å². The highest BCUT2D eigenvalue weighted by atomic mass is 79.9. The van der Waals surface area contributed by atoms with Gasteiger partial charge in [0.25, 0.3) is 0 Å². The van der Waals surface area contributed by atoms with Gasteiger partial charge in [0.2, 0.25) is 0 Å². The molecule has 0 fully saturated rings. The maximum absolute atomic E-state index is 12.3. The summed E-state index contributed by atoms with van der Waals surface area (Å²) in [5.74, 6) is 1.05. The molecule has 0 aliphatic carbocycles. The van der Waals surface area contributed by atoms with Crippen molar-refractivity contribution in [2.75, 3.05) is 14.2 Å². The second kappa shape index (κ2) is 7.66. The van der Waals surface area contributed by atoms with E-state index in [1.807, 2.05) is 12.1 Å². The molecule has 0 radical (unpaired) electrons. The van der Waals surface area contributed by atoms with E-state index in [2.05, 4.69) is 15.9 Å². The summed E-state index contributed by atoms with van der Waals surface area (Å²) >= 11 is 3.33. The molecule has 0 atom stereocenters. The largest absolute Gasteiger partial charge is 0.496 e. The van der Waals surface area contributed by atoms with E-state index < -0.39 is 9.84 Å². The number of sulfone groups is 1. The van der Waals surface area contributed by atoms with Crippen LogP contribution in [0.25, 0.3) is 6.08 Å². The minimum absolute atomic E-state index is 0.0613. The Hall–Kier alpha value is -1.79. The van der Waals surface area contributed by atoms with Gasteiger partial charge in [-0.1, -0.05) is 34.1 Å². The highest BCUT2D eigenvalue weighted by Crippen LogP contribution is 2.30. The van der Waals surface area contributed by atoms with Gasteiger partial charge in [-0.2, -0.15) is 0 Å². The van der Waals surface area contributed by atoms with Gasteiger partial charge in [0.1, 0.15) is 11.5 Å². The highest BCUT2D eigenvalue weighted by molar-refractivity contribution is 9.10. The third-order valence-electron chi connectivity index (χ3n) is 3.19. The zero-order valence-electron chi connectivity index (χ0n) is 12.8. The Balaban J connectivity index is 2.26. The van der Waals surface area contributed by atoms with Crippen molar-refractivity contribution in [2.45, 2.75) is 5.75 Å². The van der Waals surface area contributed by atoms with Gasteiger partial charge in [0.05, 0.1) is 25.5 Å². The first kappa shape index (κ1) is 17.6. The van der Waals surface area contributed by atoms with E-state index in [1.165, 1.54) is 25.7 Å². The van der Waals surface area contributed by atoms with Crippen LogP contribution in [0.1, 0.15) is 11.1 Å². The lowest BCUT2D eigenvalue weighted by Crippen LogP contribution is -2.00. The first-order valence-electron chi connectivity index (χ1n) is 6.81. The molecular weight excluding hydrogens is 380 g/mol. The van der Waals surface area contributed by atoms with E-state index >= 15 is 0 Å². The van der Waals surface area contributed by atoms with Crippen molar-refractivity contribution in [1.82, 2.24) is 0 Å². The molecule has 0 saturated carbocycles. The Kier molecular flexibility index (Phi) is 5.85. The maximum atomic E-state index is 12.3. The van der Waals surface area contributed by atoms with E-state index in [4.69, 9.17) is 9.47 Å². The topological polar surface area (TPSA) is 52.6 Å². The minimum Gasteiger partial charge on any atom is -0.496 e. The van der Waals surface area contributed by atoms with E-state index in [0.717, 1.165) is 10.0 Å². The molecule has 122 valence electrons. The lowest BCUT2D eigenvalue weighted by atomic mass is 10.2. The zero-order chi connectivity index (χ0) is 16.9. The molecule has 0 aliphatic rings. The first-order chi connectivity index (χ1) is 10.9. The van der Waals surface area contributed by atoms with Crippen LogP contribution < -0.4 is 9.47 Å². The number of benzene rings is 2. The molecule has 6 heteroatoms. The molecular formula is C17H17BrO4S. The molecule has 0 amide bonds. The van der Waals surface area contributed by atoms with Crippen LogP contribution in [0.15, 0.2) is 52.3 Å². The molecule has 0 heterocycles. The number of hydrogen-bond acceptors (Lipinski definition) is 4. The van der Waals surface area contributed by atoms with E-state index in [1.54, 1.807) is 30.3 Å². The molecule has 2 rings (SSSR count). The van der Waals surface area contributed by atoms with Crippen molar-refractivity contribution in [3.8, 4) is 11.5 Å². The van der Waals surface area contributed by atoms with Crippen molar-refractivity contribution < 1.29 is 17.9 Å². The van der Waals surface area contributed by atoms with Gasteiger partial charge in [-0.05, 0) is 35.9 Å². The number of hydrogen-bond donors (Lipinski definition) is 0. The summed E-state index contributed by atoms with van der Waals surface area (Å²) in [5.41, 5.74) is 1.32. The predicted molar refractivity (Wildman–Crippen MR) is 95.3 cm³/mol. The zero-order valence-corrected chi connectivity index (χ0v) is 15.2. The van der Waals surface area contributed by atoms with Crippen LogP contribution in [0.2, 0.25) is 0 Å². The summed E-state index contributed by atoms with van der Waals surface area (Å²) in [5, 5.41) is 1.19. The summed E-state index contributed by atoms with van der Waals surface area (Å²) in [6.45, 7) is 0. The molecule has 4 nitrogen and oxygen atoms in total. The molecule has 0 spiro atoms. The minimum atomic E-state index is -3.40. The van der Waals surface area contributed by atoms with Crippen LogP contribution in [-0.4, -0.2) is 22.6 Å². The second-order valence-corrected chi connectivity index (χ2v) is 7.61. The van der Waals surface area contributed by atoms with Gasteiger partial charge in [0.15, 0.2) is 9.84 Å². The van der Waals surface area contributed by atoms with E-state index in [9.17, 15) is 8.42 Å². The van der Waals surface area contributed by atoms with Crippen LogP contribution in [0.5, 0.6) is 11.5 Å². The average Bonchev–Trinajstić information content (AvgIpc) is 2.54. The molecule has 2 aromatic rings. The monoisotopic (exact) mass is 396 g/mol. The standard InChI is InChI=1S/C17H17BrO4S/c1-21-16-4-3-5-17(22-2)15(16)10-11-23(19,20)12-13-6-8-14(18)9-7-13/h3-11H,12H2,1-2H3. The summed E-state index contributed by atoms with van der Waals surface area (Å²) in [6, 6.07) is 12.5. The summed E-state index contributed by atoms with van der Waals surface area (Å²) in [7, 11) is -0.342. The SMILES string of the molecule is COc1cccc(OC)c1C=CS(=O)(=O)Cc1ccc(Br)cc1. The molecule has 0 bridgehead atoms. The maximum Gasteiger partial charge on any atom is 0.175 e. The highest BCUT2D eigenvalue weighted by Gasteiger charge is 2.11. The Labute approximate surface area is 144 Å². The van der Waals surface area contributed by atoms with Gasteiger partial charge in [-0.15, -0.1) is 0 Å². The second-order valence-electron chi connectivity index (χ2n) is 4.81. The molecule has 0 unspecified atom stereocenters. The molecule has 2 aromatic carbocycles. The van der Waals surface area contributed by atoms with Crippen LogP contribution in [0.3, 0.4) is 0 Å². The van der Waals surface area contributed by atoms with E-state index in [-0.39, 0.29) is 5.75 Å². The lowest BCUT2D eigenvalue weighted by Gasteiger charge is -2.09. The fraction of sp³-hybridized carbons (Fsp3) is 0.176. The van der Waals surface area contributed by atoms with Crippen molar-refractivity contribution in [3.63, 3.8) is 0 Å².